The van der Waals surface area contributed by atoms with E-state index in [4.69, 9.17) is 10.00 Å². The van der Waals surface area contributed by atoms with E-state index in [1.54, 1.807) is 35.2 Å². The van der Waals surface area contributed by atoms with Gasteiger partial charge < -0.3 is 10.1 Å². The van der Waals surface area contributed by atoms with Crippen LogP contribution >= 0.6 is 11.3 Å². The van der Waals surface area contributed by atoms with Gasteiger partial charge in [0.25, 0.3) is 5.91 Å². The number of hydrogen-bond donors (Lipinski definition) is 1. The normalized spacial score (nSPS) is 18.8. The molecule has 0 saturated heterocycles. The van der Waals surface area contributed by atoms with Crippen LogP contribution in [0.5, 0.6) is 5.88 Å². The van der Waals surface area contributed by atoms with Crippen molar-refractivity contribution in [2.24, 2.45) is 7.05 Å². The van der Waals surface area contributed by atoms with E-state index in [1.165, 1.54) is 6.20 Å². The van der Waals surface area contributed by atoms with Crippen LogP contribution in [0, 0.1) is 11.3 Å². The zero-order chi connectivity index (χ0) is 20.2. The van der Waals surface area contributed by atoms with Crippen molar-refractivity contribution >= 4 is 17.2 Å². The molecule has 3 heterocycles. The number of aromatic nitrogens is 3. The number of carbonyl (C=O) groups excluding carboxylic acids is 1. The van der Waals surface area contributed by atoms with Crippen molar-refractivity contribution in [2.45, 2.75) is 37.8 Å². The Balaban J connectivity index is 1.30. The van der Waals surface area contributed by atoms with E-state index in [0.29, 0.717) is 17.1 Å². The Morgan fingerprint density at radius 3 is 2.79 bits per heavy atom. The second-order valence-electron chi connectivity index (χ2n) is 7.08. The molecule has 1 aliphatic carbocycles. The molecule has 1 fully saturated rings. The minimum Gasteiger partial charge on any atom is -0.474 e. The first kappa shape index (κ1) is 19.2. The van der Waals surface area contributed by atoms with E-state index in [0.717, 1.165) is 36.3 Å². The fourth-order valence-corrected chi connectivity index (χ4v) is 4.18. The molecule has 7 nitrogen and oxygen atoms in total. The van der Waals surface area contributed by atoms with Crippen molar-refractivity contribution in [2.75, 3.05) is 0 Å². The molecule has 29 heavy (non-hydrogen) atoms. The highest BCUT2D eigenvalue weighted by atomic mass is 32.1. The first-order chi connectivity index (χ1) is 14.1. The van der Waals surface area contributed by atoms with Gasteiger partial charge in [0.15, 0.2) is 0 Å². The summed E-state index contributed by atoms with van der Waals surface area (Å²) in [5, 5.41) is 18.4. The summed E-state index contributed by atoms with van der Waals surface area (Å²) in [6.45, 7) is 0. The van der Waals surface area contributed by atoms with Gasteiger partial charge in [-0.2, -0.15) is 10.4 Å². The zero-order valence-electron chi connectivity index (χ0n) is 16.0. The predicted molar refractivity (Wildman–Crippen MR) is 110 cm³/mol. The molecule has 0 radical (unpaired) electrons. The number of nitrogens with zero attached hydrogens (tertiary/aromatic N) is 4. The Kier molecular flexibility index (Phi) is 5.58. The molecule has 1 aliphatic rings. The van der Waals surface area contributed by atoms with E-state index < -0.39 is 0 Å². The number of thiophene rings is 1. The van der Waals surface area contributed by atoms with Gasteiger partial charge in [0.1, 0.15) is 23.6 Å². The molecule has 1 N–H and O–H groups in total. The van der Waals surface area contributed by atoms with Crippen LogP contribution in [-0.2, 0) is 7.05 Å². The van der Waals surface area contributed by atoms with E-state index >= 15 is 0 Å². The summed E-state index contributed by atoms with van der Waals surface area (Å²) in [6.07, 6.45) is 4.98. The minimum absolute atomic E-state index is 0.0747. The molecule has 0 atom stereocenters. The molecule has 8 heteroatoms. The third-order valence-corrected chi connectivity index (χ3v) is 5.94. The molecular weight excluding hydrogens is 386 g/mol. The number of amides is 1. The molecule has 0 aliphatic heterocycles. The first-order valence-corrected chi connectivity index (χ1v) is 10.4. The summed E-state index contributed by atoms with van der Waals surface area (Å²) < 4.78 is 7.54. The van der Waals surface area contributed by atoms with Crippen molar-refractivity contribution in [3.05, 3.63) is 53.2 Å². The average Bonchev–Trinajstić information content (AvgIpc) is 3.40. The molecule has 148 valence electrons. The molecule has 1 amide bonds. The Hall–Kier alpha value is -3.18. The summed E-state index contributed by atoms with van der Waals surface area (Å²) in [5.74, 6) is 0.438. The molecule has 0 bridgehead atoms. The van der Waals surface area contributed by atoms with Crippen LogP contribution in [0.25, 0.3) is 10.6 Å². The second-order valence-corrected chi connectivity index (χ2v) is 8.03. The lowest BCUT2D eigenvalue weighted by Gasteiger charge is -2.29. The van der Waals surface area contributed by atoms with Gasteiger partial charge in [0.05, 0.1) is 10.4 Å². The monoisotopic (exact) mass is 407 g/mol. The fraction of sp³-hybridized carbons (Fsp3) is 0.333. The highest BCUT2D eigenvalue weighted by Gasteiger charge is 2.25. The maximum absolute atomic E-state index is 12.7. The lowest BCUT2D eigenvalue weighted by Crippen LogP contribution is -2.40. The molecule has 0 unspecified atom stereocenters. The zero-order valence-corrected chi connectivity index (χ0v) is 16.9. The summed E-state index contributed by atoms with van der Waals surface area (Å²) >= 11 is 1.61. The van der Waals surface area contributed by atoms with Gasteiger partial charge >= 0.3 is 0 Å². The van der Waals surface area contributed by atoms with Gasteiger partial charge in [0, 0.05) is 25.4 Å². The number of nitrogens with one attached hydrogen (secondary N) is 1. The van der Waals surface area contributed by atoms with Gasteiger partial charge in [-0.25, -0.2) is 4.98 Å². The largest absolute Gasteiger partial charge is 0.474 e. The van der Waals surface area contributed by atoms with Crippen molar-refractivity contribution in [3.8, 4) is 22.5 Å². The van der Waals surface area contributed by atoms with Gasteiger partial charge in [0.2, 0.25) is 5.88 Å². The molecule has 1 saturated carbocycles. The quantitative estimate of drug-likeness (QED) is 0.698. The summed E-state index contributed by atoms with van der Waals surface area (Å²) in [6, 6.07) is 11.4. The second kappa shape index (κ2) is 8.45. The first-order valence-electron chi connectivity index (χ1n) is 9.54. The van der Waals surface area contributed by atoms with Crippen molar-refractivity contribution in [1.29, 1.82) is 5.26 Å². The lowest BCUT2D eigenvalue weighted by atomic mass is 9.93. The predicted octanol–water partition coefficient (Wildman–Crippen LogP) is 3.54. The van der Waals surface area contributed by atoms with Crippen LogP contribution in [0.15, 0.2) is 41.9 Å². The Bertz CT molecular complexity index is 1010. The Morgan fingerprint density at radius 1 is 1.31 bits per heavy atom. The van der Waals surface area contributed by atoms with E-state index in [9.17, 15) is 4.79 Å². The Morgan fingerprint density at radius 2 is 2.14 bits per heavy atom. The minimum atomic E-state index is -0.0964. The van der Waals surface area contributed by atoms with Gasteiger partial charge in [-0.3, -0.25) is 9.48 Å². The van der Waals surface area contributed by atoms with Gasteiger partial charge in [-0.15, -0.1) is 11.3 Å². The van der Waals surface area contributed by atoms with Crippen LogP contribution in [-0.4, -0.2) is 32.8 Å². The molecule has 4 rings (SSSR count). The molecular formula is C21H21N5O2S. The topological polar surface area (TPSA) is 92.8 Å². The van der Waals surface area contributed by atoms with Crippen LogP contribution in [0.2, 0.25) is 0 Å². The number of pyridine rings is 1. The molecule has 0 spiro atoms. The number of hydrogen-bond acceptors (Lipinski definition) is 6. The van der Waals surface area contributed by atoms with Gasteiger partial charge in [-0.1, -0.05) is 6.07 Å². The molecule has 3 aromatic heterocycles. The van der Waals surface area contributed by atoms with Crippen molar-refractivity contribution in [1.82, 2.24) is 20.1 Å². The Labute approximate surface area is 173 Å². The summed E-state index contributed by atoms with van der Waals surface area (Å²) in [5.41, 5.74) is 1.90. The SMILES string of the molecule is Cn1nc(-c2cccs2)cc1C(=O)NC1CCC(Oc2ccc(C#N)cn2)CC1. The maximum atomic E-state index is 12.7. The van der Waals surface area contributed by atoms with Crippen molar-refractivity contribution < 1.29 is 9.53 Å². The number of carbonyl (C=O) groups is 1. The van der Waals surface area contributed by atoms with Crippen LogP contribution in [0.4, 0.5) is 0 Å². The summed E-state index contributed by atoms with van der Waals surface area (Å²) in [4.78, 5) is 17.9. The standard InChI is InChI=1S/C21H21N5O2S/c1-26-18(11-17(25-26)19-3-2-10-29-19)21(27)24-15-5-7-16(8-6-15)28-20-9-4-14(12-22)13-23-20/h2-4,9-11,13,15-16H,5-8H2,1H3,(H,24,27). The van der Waals surface area contributed by atoms with Gasteiger partial charge in [-0.05, 0) is 49.3 Å². The highest BCUT2D eigenvalue weighted by molar-refractivity contribution is 7.13. The lowest BCUT2D eigenvalue weighted by molar-refractivity contribution is 0.0881. The smallest absolute Gasteiger partial charge is 0.269 e. The number of rotatable bonds is 5. The maximum Gasteiger partial charge on any atom is 0.269 e. The average molecular weight is 407 g/mol. The number of nitriles is 1. The fourth-order valence-electron chi connectivity index (χ4n) is 3.50. The van der Waals surface area contributed by atoms with Crippen LogP contribution in [0.3, 0.4) is 0 Å². The molecule has 3 aromatic rings. The molecule has 0 aromatic carbocycles. The summed E-state index contributed by atoms with van der Waals surface area (Å²) in [7, 11) is 1.79. The van der Waals surface area contributed by atoms with E-state index in [2.05, 4.69) is 15.4 Å². The van der Waals surface area contributed by atoms with Crippen LogP contribution in [0.1, 0.15) is 41.7 Å². The number of ether oxygens (including phenoxy) is 1. The van der Waals surface area contributed by atoms with E-state index in [-0.39, 0.29) is 18.1 Å². The highest BCUT2D eigenvalue weighted by Crippen LogP contribution is 2.25. The van der Waals surface area contributed by atoms with E-state index in [1.807, 2.05) is 29.6 Å². The van der Waals surface area contributed by atoms with Crippen molar-refractivity contribution in [3.63, 3.8) is 0 Å². The van der Waals surface area contributed by atoms with Crippen LogP contribution < -0.4 is 10.1 Å². The number of aryl methyl sites for hydroxylation is 1. The third-order valence-electron chi connectivity index (χ3n) is 5.05. The third kappa shape index (κ3) is 4.46.